The van der Waals surface area contributed by atoms with Crippen LogP contribution in [0.5, 0.6) is 0 Å². The number of halogens is 1. The van der Waals surface area contributed by atoms with E-state index in [0.29, 0.717) is 12.6 Å². The Morgan fingerprint density at radius 2 is 2.06 bits per heavy atom. The number of nitrogens with two attached hydrogens (primary N) is 1. The fraction of sp³-hybridized carbons (Fsp3) is 0.571. The smallest absolute Gasteiger partial charge is 0.0480 e. The van der Waals surface area contributed by atoms with Crippen molar-refractivity contribution in [1.82, 2.24) is 4.90 Å². The topological polar surface area (TPSA) is 29.3 Å². The summed E-state index contributed by atoms with van der Waals surface area (Å²) in [6.07, 6.45) is 5.40. The van der Waals surface area contributed by atoms with Gasteiger partial charge in [0.05, 0.1) is 0 Å². The van der Waals surface area contributed by atoms with Gasteiger partial charge in [0.15, 0.2) is 0 Å². The predicted molar refractivity (Wildman–Crippen MR) is 71.0 cm³/mol. The van der Waals surface area contributed by atoms with E-state index in [2.05, 4.69) is 17.0 Å². The minimum atomic E-state index is 0.381. The normalized spacial score (nSPS) is 25.4. The number of hydrogen-bond acceptors (Lipinski definition) is 2. The van der Waals surface area contributed by atoms with Crippen molar-refractivity contribution in [2.24, 2.45) is 5.73 Å². The molecule has 1 atom stereocenters. The lowest BCUT2D eigenvalue weighted by atomic mass is 10.0. The van der Waals surface area contributed by atoms with Gasteiger partial charge in [-0.15, -0.1) is 0 Å². The fourth-order valence-electron chi connectivity index (χ4n) is 3.39. The third kappa shape index (κ3) is 1.99. The van der Waals surface area contributed by atoms with Crippen LogP contribution < -0.4 is 5.73 Å². The molecule has 17 heavy (non-hydrogen) atoms. The lowest BCUT2D eigenvalue weighted by Crippen LogP contribution is -2.35. The average Bonchev–Trinajstić information content (AvgIpc) is 2.94. The van der Waals surface area contributed by atoms with E-state index in [1.165, 1.54) is 36.8 Å². The second-order valence-corrected chi connectivity index (χ2v) is 5.64. The molecule has 3 heteroatoms. The first kappa shape index (κ1) is 11.5. The van der Waals surface area contributed by atoms with Crippen LogP contribution in [0.3, 0.4) is 0 Å². The maximum Gasteiger partial charge on any atom is 0.0480 e. The van der Waals surface area contributed by atoms with E-state index >= 15 is 0 Å². The van der Waals surface area contributed by atoms with Crippen molar-refractivity contribution < 1.29 is 0 Å². The van der Waals surface area contributed by atoms with Gasteiger partial charge in [-0.2, -0.15) is 0 Å². The van der Waals surface area contributed by atoms with Crippen molar-refractivity contribution in [3.05, 3.63) is 34.3 Å². The van der Waals surface area contributed by atoms with E-state index in [4.69, 9.17) is 17.3 Å². The van der Waals surface area contributed by atoms with Crippen LogP contribution in [0, 0.1) is 0 Å². The zero-order valence-corrected chi connectivity index (χ0v) is 10.8. The standard InChI is InChI=1S/C14H19ClN2/c15-11-6-5-10-9-17(12-3-1-2-4-12)14(8-16)13(10)7-11/h5-7,12,14H,1-4,8-9,16H2. The summed E-state index contributed by atoms with van der Waals surface area (Å²) in [4.78, 5) is 2.59. The van der Waals surface area contributed by atoms with Crippen LogP contribution in [0.25, 0.3) is 0 Å². The Hall–Kier alpha value is -0.570. The molecule has 92 valence electrons. The highest BCUT2D eigenvalue weighted by Crippen LogP contribution is 2.39. The molecule has 2 N–H and O–H groups in total. The van der Waals surface area contributed by atoms with Gasteiger partial charge in [-0.25, -0.2) is 0 Å². The molecular weight excluding hydrogens is 232 g/mol. The zero-order valence-electron chi connectivity index (χ0n) is 10.0. The molecule has 1 fully saturated rings. The molecule has 2 nitrogen and oxygen atoms in total. The molecule has 1 aromatic rings. The van der Waals surface area contributed by atoms with Crippen LogP contribution >= 0.6 is 11.6 Å². The van der Waals surface area contributed by atoms with E-state index in [9.17, 15) is 0 Å². The molecular formula is C14H19ClN2. The number of hydrogen-bond donors (Lipinski definition) is 1. The summed E-state index contributed by atoms with van der Waals surface area (Å²) in [6, 6.07) is 7.37. The molecule has 0 saturated heterocycles. The Labute approximate surface area is 108 Å². The maximum absolute atomic E-state index is 6.09. The van der Waals surface area contributed by atoms with Crippen LogP contribution in [0.1, 0.15) is 42.9 Å². The second kappa shape index (κ2) is 4.60. The average molecular weight is 251 g/mol. The van der Waals surface area contributed by atoms with Crippen molar-refractivity contribution in [1.29, 1.82) is 0 Å². The van der Waals surface area contributed by atoms with Crippen LogP contribution in [0.15, 0.2) is 18.2 Å². The molecule has 0 bridgehead atoms. The number of nitrogens with zero attached hydrogens (tertiary/aromatic N) is 1. The first-order valence-electron chi connectivity index (χ1n) is 6.53. The Kier molecular flexibility index (Phi) is 3.12. The molecule has 0 amide bonds. The second-order valence-electron chi connectivity index (χ2n) is 5.21. The van der Waals surface area contributed by atoms with Crippen LogP contribution in [-0.2, 0) is 6.54 Å². The minimum Gasteiger partial charge on any atom is -0.329 e. The Bertz CT molecular complexity index is 413. The van der Waals surface area contributed by atoms with E-state index in [1.54, 1.807) is 0 Å². The third-order valence-electron chi connectivity index (χ3n) is 4.24. The third-order valence-corrected chi connectivity index (χ3v) is 4.47. The van der Waals surface area contributed by atoms with E-state index in [0.717, 1.165) is 17.6 Å². The monoisotopic (exact) mass is 250 g/mol. The highest BCUT2D eigenvalue weighted by molar-refractivity contribution is 6.30. The molecule has 1 saturated carbocycles. The van der Waals surface area contributed by atoms with Crippen LogP contribution in [0.4, 0.5) is 0 Å². The van der Waals surface area contributed by atoms with Crippen molar-refractivity contribution in [3.8, 4) is 0 Å². The summed E-state index contributed by atoms with van der Waals surface area (Å²) in [5.74, 6) is 0. The van der Waals surface area contributed by atoms with Gasteiger partial charge < -0.3 is 5.73 Å². The molecule has 3 rings (SSSR count). The number of benzene rings is 1. The maximum atomic E-state index is 6.09. The molecule has 1 aromatic carbocycles. The molecule has 0 radical (unpaired) electrons. The number of fused-ring (bicyclic) bond motifs is 1. The lowest BCUT2D eigenvalue weighted by molar-refractivity contribution is 0.152. The molecule has 1 heterocycles. The largest absolute Gasteiger partial charge is 0.329 e. The van der Waals surface area contributed by atoms with E-state index in [-0.39, 0.29) is 0 Å². The predicted octanol–water partition coefficient (Wildman–Crippen LogP) is 3.10. The summed E-state index contributed by atoms with van der Waals surface area (Å²) < 4.78 is 0. The van der Waals surface area contributed by atoms with Gasteiger partial charge in [0.25, 0.3) is 0 Å². The van der Waals surface area contributed by atoms with Gasteiger partial charge >= 0.3 is 0 Å². The Morgan fingerprint density at radius 1 is 1.29 bits per heavy atom. The molecule has 1 aliphatic carbocycles. The van der Waals surface area contributed by atoms with Gasteiger partial charge in [-0.05, 0) is 36.1 Å². The summed E-state index contributed by atoms with van der Waals surface area (Å²) in [5.41, 5.74) is 8.74. The van der Waals surface area contributed by atoms with Gasteiger partial charge in [0.1, 0.15) is 0 Å². The Morgan fingerprint density at radius 3 is 2.76 bits per heavy atom. The fourth-order valence-corrected chi connectivity index (χ4v) is 3.57. The quantitative estimate of drug-likeness (QED) is 0.874. The van der Waals surface area contributed by atoms with Crippen molar-refractivity contribution in [2.45, 2.75) is 44.3 Å². The first-order valence-corrected chi connectivity index (χ1v) is 6.91. The summed E-state index contributed by atoms with van der Waals surface area (Å²) >= 11 is 6.09. The molecule has 1 unspecified atom stereocenters. The molecule has 1 aliphatic heterocycles. The van der Waals surface area contributed by atoms with Gasteiger partial charge in [0, 0.05) is 30.2 Å². The van der Waals surface area contributed by atoms with Gasteiger partial charge in [-0.1, -0.05) is 30.5 Å². The first-order chi connectivity index (χ1) is 8.29. The zero-order chi connectivity index (χ0) is 11.8. The van der Waals surface area contributed by atoms with E-state index < -0.39 is 0 Å². The highest BCUT2D eigenvalue weighted by Gasteiger charge is 2.35. The summed E-state index contributed by atoms with van der Waals surface area (Å²) in [5, 5.41) is 0.829. The summed E-state index contributed by atoms with van der Waals surface area (Å²) in [7, 11) is 0. The molecule has 0 spiro atoms. The minimum absolute atomic E-state index is 0.381. The van der Waals surface area contributed by atoms with Crippen molar-refractivity contribution >= 4 is 11.6 Å². The van der Waals surface area contributed by atoms with Gasteiger partial charge in [0.2, 0.25) is 0 Å². The van der Waals surface area contributed by atoms with Crippen LogP contribution in [-0.4, -0.2) is 17.5 Å². The SMILES string of the molecule is NCC1c2cc(Cl)ccc2CN1C1CCCC1. The van der Waals surface area contributed by atoms with E-state index in [1.807, 2.05) is 6.07 Å². The van der Waals surface area contributed by atoms with Crippen LogP contribution in [0.2, 0.25) is 5.02 Å². The van der Waals surface area contributed by atoms with Crippen molar-refractivity contribution in [2.75, 3.05) is 6.54 Å². The van der Waals surface area contributed by atoms with Gasteiger partial charge in [-0.3, -0.25) is 4.90 Å². The molecule has 0 aromatic heterocycles. The Balaban J connectivity index is 1.90. The highest BCUT2D eigenvalue weighted by atomic mass is 35.5. The summed E-state index contributed by atoms with van der Waals surface area (Å²) in [6.45, 7) is 1.75. The number of rotatable bonds is 2. The lowest BCUT2D eigenvalue weighted by Gasteiger charge is -2.30. The molecule has 2 aliphatic rings. The van der Waals surface area contributed by atoms with Crippen molar-refractivity contribution in [3.63, 3.8) is 0 Å².